The van der Waals surface area contributed by atoms with Crippen LogP contribution in [-0.4, -0.2) is 56.7 Å². The molecule has 2 heterocycles. The van der Waals surface area contributed by atoms with Crippen molar-refractivity contribution in [3.8, 4) is 0 Å². The Hall–Kier alpha value is -2.08. The van der Waals surface area contributed by atoms with E-state index in [9.17, 15) is 4.79 Å². The van der Waals surface area contributed by atoms with E-state index >= 15 is 0 Å². The van der Waals surface area contributed by atoms with Gasteiger partial charge in [0.2, 0.25) is 5.91 Å². The summed E-state index contributed by atoms with van der Waals surface area (Å²) >= 11 is 0. The fourth-order valence-corrected chi connectivity index (χ4v) is 4.76. The van der Waals surface area contributed by atoms with Crippen molar-refractivity contribution in [1.29, 1.82) is 0 Å². The first-order valence-corrected chi connectivity index (χ1v) is 10.4. The average Bonchev–Trinajstić information content (AvgIpc) is 2.69. The molecule has 0 aromatic heterocycles. The number of aryl methyl sites for hydroxylation is 1. The van der Waals surface area contributed by atoms with Gasteiger partial charge in [0.1, 0.15) is 0 Å². The van der Waals surface area contributed by atoms with Gasteiger partial charge in [0, 0.05) is 51.7 Å². The van der Waals surface area contributed by atoms with Crippen molar-refractivity contribution in [3.05, 3.63) is 35.4 Å². The van der Waals surface area contributed by atoms with Crippen LogP contribution in [0.3, 0.4) is 0 Å². The number of hydrogen-bond donors (Lipinski definition) is 2. The molecule has 0 aliphatic carbocycles. The number of nitrogens with zero attached hydrogens (tertiary/aromatic N) is 2. The maximum absolute atomic E-state index is 11.3. The fraction of sp³-hybridized carbons (Fsp3) is 0.636. The summed E-state index contributed by atoms with van der Waals surface area (Å²) in [4.78, 5) is 18.1. The summed E-state index contributed by atoms with van der Waals surface area (Å²) in [5.41, 5.74) is 8.21. The smallest absolute Gasteiger partial charge is 0.217 e. The maximum Gasteiger partial charge on any atom is 0.217 e. The molecule has 1 aromatic carbocycles. The Morgan fingerprint density at radius 1 is 1.36 bits per heavy atom. The lowest BCUT2D eigenvalue weighted by molar-refractivity contribution is -0.119. The highest BCUT2D eigenvalue weighted by Crippen LogP contribution is 2.36. The zero-order valence-electron chi connectivity index (χ0n) is 17.2. The van der Waals surface area contributed by atoms with Crippen LogP contribution in [0.25, 0.3) is 0 Å². The number of likely N-dealkylation sites (tertiary alicyclic amines) is 1. The summed E-state index contributed by atoms with van der Waals surface area (Å²) < 4.78 is 5.67. The van der Waals surface area contributed by atoms with Crippen molar-refractivity contribution in [2.45, 2.75) is 44.4 Å². The molecule has 0 radical (unpaired) electrons. The SMILES string of the molecule is CN=C(NCC1(c2ccccc2C)CCOCC1)N1CCCC(CC(N)=O)C1. The van der Waals surface area contributed by atoms with Crippen LogP contribution in [0.15, 0.2) is 29.3 Å². The van der Waals surface area contributed by atoms with Crippen molar-refractivity contribution >= 4 is 11.9 Å². The van der Waals surface area contributed by atoms with Crippen LogP contribution in [0, 0.1) is 12.8 Å². The highest BCUT2D eigenvalue weighted by atomic mass is 16.5. The molecule has 2 aliphatic rings. The molecule has 0 spiro atoms. The second-order valence-electron chi connectivity index (χ2n) is 8.23. The molecule has 1 amide bonds. The average molecular weight is 387 g/mol. The maximum atomic E-state index is 11.3. The van der Waals surface area contributed by atoms with E-state index in [0.29, 0.717) is 12.3 Å². The third kappa shape index (κ3) is 4.85. The molecule has 0 bridgehead atoms. The summed E-state index contributed by atoms with van der Waals surface area (Å²) in [6, 6.07) is 8.69. The van der Waals surface area contributed by atoms with Gasteiger partial charge < -0.3 is 20.7 Å². The van der Waals surface area contributed by atoms with Crippen molar-refractivity contribution < 1.29 is 9.53 Å². The molecule has 28 heavy (non-hydrogen) atoms. The monoisotopic (exact) mass is 386 g/mol. The number of nitrogens with one attached hydrogen (secondary N) is 1. The number of hydrogen-bond acceptors (Lipinski definition) is 3. The Balaban J connectivity index is 1.71. The predicted octanol–water partition coefficient (Wildman–Crippen LogP) is 2.21. The van der Waals surface area contributed by atoms with Gasteiger partial charge in [-0.1, -0.05) is 24.3 Å². The minimum absolute atomic E-state index is 0.0575. The number of primary amides is 1. The molecular weight excluding hydrogens is 352 g/mol. The topological polar surface area (TPSA) is 80.0 Å². The first kappa shape index (κ1) is 20.6. The molecule has 2 aliphatic heterocycles. The molecule has 3 N–H and O–H groups in total. The van der Waals surface area contributed by atoms with Gasteiger partial charge in [-0.2, -0.15) is 0 Å². The first-order valence-electron chi connectivity index (χ1n) is 10.4. The number of nitrogens with two attached hydrogens (primary N) is 1. The second-order valence-corrected chi connectivity index (χ2v) is 8.23. The van der Waals surface area contributed by atoms with E-state index in [1.807, 2.05) is 7.05 Å². The normalized spacial score (nSPS) is 22.7. The van der Waals surface area contributed by atoms with Gasteiger partial charge in [-0.25, -0.2) is 0 Å². The van der Waals surface area contributed by atoms with Gasteiger partial charge in [0.05, 0.1) is 0 Å². The van der Waals surface area contributed by atoms with Gasteiger partial charge in [-0.15, -0.1) is 0 Å². The first-order chi connectivity index (χ1) is 13.5. The summed E-state index contributed by atoms with van der Waals surface area (Å²) in [7, 11) is 1.84. The third-order valence-corrected chi connectivity index (χ3v) is 6.27. The minimum Gasteiger partial charge on any atom is -0.381 e. The van der Waals surface area contributed by atoms with Crippen molar-refractivity contribution in [3.63, 3.8) is 0 Å². The summed E-state index contributed by atoms with van der Waals surface area (Å²) in [6.45, 7) is 6.42. The molecule has 1 atom stereocenters. The van der Waals surface area contributed by atoms with Crippen LogP contribution in [0.1, 0.15) is 43.2 Å². The van der Waals surface area contributed by atoms with Crippen molar-refractivity contribution in [1.82, 2.24) is 10.2 Å². The second kappa shape index (κ2) is 9.41. The zero-order valence-corrected chi connectivity index (χ0v) is 17.2. The molecule has 2 fully saturated rings. The van der Waals surface area contributed by atoms with Gasteiger partial charge in [0.15, 0.2) is 5.96 Å². The highest BCUT2D eigenvalue weighted by Gasteiger charge is 2.36. The molecule has 6 heteroatoms. The van der Waals surface area contributed by atoms with E-state index in [1.165, 1.54) is 11.1 Å². The van der Waals surface area contributed by atoms with Gasteiger partial charge in [-0.05, 0) is 49.7 Å². The number of guanidine groups is 1. The number of ether oxygens (including phenoxy) is 1. The van der Waals surface area contributed by atoms with E-state index in [0.717, 1.165) is 64.5 Å². The molecule has 1 unspecified atom stereocenters. The summed E-state index contributed by atoms with van der Waals surface area (Å²) in [5, 5.41) is 3.65. The van der Waals surface area contributed by atoms with E-state index in [1.54, 1.807) is 0 Å². The van der Waals surface area contributed by atoms with E-state index in [-0.39, 0.29) is 11.3 Å². The number of aliphatic imine (C=N–C) groups is 1. The van der Waals surface area contributed by atoms with Crippen LogP contribution in [0.4, 0.5) is 0 Å². The predicted molar refractivity (Wildman–Crippen MR) is 112 cm³/mol. The Morgan fingerprint density at radius 2 is 2.11 bits per heavy atom. The number of benzene rings is 1. The van der Waals surface area contributed by atoms with E-state index in [4.69, 9.17) is 10.5 Å². The Bertz CT molecular complexity index is 698. The molecule has 2 saturated heterocycles. The van der Waals surface area contributed by atoms with Gasteiger partial charge in [0.25, 0.3) is 0 Å². The van der Waals surface area contributed by atoms with Gasteiger partial charge in [-0.3, -0.25) is 9.79 Å². The molecule has 0 saturated carbocycles. The van der Waals surface area contributed by atoms with Gasteiger partial charge >= 0.3 is 0 Å². The van der Waals surface area contributed by atoms with Crippen LogP contribution in [0.5, 0.6) is 0 Å². The quantitative estimate of drug-likeness (QED) is 0.601. The summed E-state index contributed by atoms with van der Waals surface area (Å²) in [6.07, 6.45) is 4.59. The number of piperidine rings is 1. The molecule has 1 aromatic rings. The lowest BCUT2D eigenvalue weighted by Gasteiger charge is -2.41. The fourth-order valence-electron chi connectivity index (χ4n) is 4.76. The lowest BCUT2D eigenvalue weighted by Crippen LogP contribution is -2.52. The largest absolute Gasteiger partial charge is 0.381 e. The Kier molecular flexibility index (Phi) is 6.94. The molecule has 6 nitrogen and oxygen atoms in total. The van der Waals surface area contributed by atoms with Crippen LogP contribution in [-0.2, 0) is 14.9 Å². The minimum atomic E-state index is -0.212. The van der Waals surface area contributed by atoms with E-state index < -0.39 is 0 Å². The zero-order chi connectivity index (χ0) is 20.0. The molecule has 154 valence electrons. The number of carbonyl (C=O) groups is 1. The van der Waals surface area contributed by atoms with E-state index in [2.05, 4.69) is 46.4 Å². The number of carbonyl (C=O) groups excluding carboxylic acids is 1. The number of rotatable bonds is 5. The van der Waals surface area contributed by atoms with Crippen molar-refractivity contribution in [2.24, 2.45) is 16.6 Å². The Morgan fingerprint density at radius 3 is 2.79 bits per heavy atom. The molecule has 3 rings (SSSR count). The number of amides is 1. The molecular formula is C22H34N4O2. The third-order valence-electron chi connectivity index (χ3n) is 6.27. The Labute approximate surface area is 168 Å². The lowest BCUT2D eigenvalue weighted by atomic mass is 9.72. The van der Waals surface area contributed by atoms with Crippen LogP contribution >= 0.6 is 0 Å². The van der Waals surface area contributed by atoms with Crippen molar-refractivity contribution in [2.75, 3.05) is 39.9 Å². The van der Waals surface area contributed by atoms with Crippen LogP contribution in [0.2, 0.25) is 0 Å². The summed E-state index contributed by atoms with van der Waals surface area (Å²) in [5.74, 6) is 1.03. The standard InChI is InChI=1S/C22H34N4O2/c1-17-6-3-4-8-19(17)22(9-12-28-13-10-22)16-25-21(24-2)26-11-5-7-18(15-26)14-20(23)27/h3-4,6,8,18H,5,7,9-16H2,1-2H3,(H2,23,27)(H,24,25). The highest BCUT2D eigenvalue weighted by molar-refractivity contribution is 5.80. The van der Waals surface area contributed by atoms with Crippen LogP contribution < -0.4 is 11.1 Å².